The van der Waals surface area contributed by atoms with Crippen molar-refractivity contribution >= 4 is 11.8 Å². The van der Waals surface area contributed by atoms with Crippen molar-refractivity contribution in [3.63, 3.8) is 0 Å². The summed E-state index contributed by atoms with van der Waals surface area (Å²) in [6.07, 6.45) is 1.37. The number of aliphatic imine (C=N–C) groups is 1. The molecule has 1 aromatic carbocycles. The normalized spacial score (nSPS) is 9.87. The molecule has 15 heavy (non-hydrogen) atoms. The lowest BCUT2D eigenvalue weighted by Gasteiger charge is -2.10. The van der Waals surface area contributed by atoms with Gasteiger partial charge in [0.2, 0.25) is 6.08 Å². The van der Waals surface area contributed by atoms with Gasteiger partial charge in [-0.15, -0.1) is 0 Å². The molecular formula is C11H12FNO2. The van der Waals surface area contributed by atoms with E-state index in [9.17, 15) is 9.18 Å². The third-order valence-corrected chi connectivity index (χ3v) is 1.67. The van der Waals surface area contributed by atoms with Crippen molar-refractivity contribution in [1.29, 1.82) is 0 Å². The minimum atomic E-state index is -0.521. The molecule has 0 unspecified atom stereocenters. The highest BCUT2D eigenvalue weighted by Gasteiger charge is 2.09. The van der Waals surface area contributed by atoms with Gasteiger partial charge in [-0.2, -0.15) is 4.99 Å². The second-order valence-electron chi connectivity index (χ2n) is 3.50. The average molecular weight is 209 g/mol. The fourth-order valence-electron chi connectivity index (χ4n) is 1.03. The molecule has 0 heterocycles. The Balaban J connectivity index is 2.96. The monoisotopic (exact) mass is 209 g/mol. The molecule has 1 aromatic rings. The lowest BCUT2D eigenvalue weighted by molar-refractivity contribution is 0.260. The standard InChI is InChI=1S/C11H12FNO2/c1-8(2)6-15-11-9(12)4-3-5-10(11)13-7-14/h3-5,8H,6H2,1-2H3. The summed E-state index contributed by atoms with van der Waals surface area (Å²) in [7, 11) is 0. The second-order valence-corrected chi connectivity index (χ2v) is 3.50. The smallest absolute Gasteiger partial charge is 0.240 e. The van der Waals surface area contributed by atoms with Crippen LogP contribution in [0, 0.1) is 11.7 Å². The third kappa shape index (κ3) is 3.18. The predicted molar refractivity (Wildman–Crippen MR) is 54.5 cm³/mol. The van der Waals surface area contributed by atoms with Crippen molar-refractivity contribution in [2.45, 2.75) is 13.8 Å². The van der Waals surface area contributed by atoms with E-state index in [0.29, 0.717) is 6.61 Å². The summed E-state index contributed by atoms with van der Waals surface area (Å²) in [5.74, 6) is -0.237. The molecule has 0 fully saturated rings. The summed E-state index contributed by atoms with van der Waals surface area (Å²) in [5.41, 5.74) is 0.172. The van der Waals surface area contributed by atoms with Gasteiger partial charge in [-0.3, -0.25) is 0 Å². The number of hydrogen-bond donors (Lipinski definition) is 0. The van der Waals surface area contributed by atoms with Crippen molar-refractivity contribution in [1.82, 2.24) is 0 Å². The maximum atomic E-state index is 13.3. The highest BCUT2D eigenvalue weighted by Crippen LogP contribution is 2.30. The van der Waals surface area contributed by atoms with Crippen molar-refractivity contribution in [2.75, 3.05) is 6.61 Å². The minimum Gasteiger partial charge on any atom is -0.488 e. The van der Waals surface area contributed by atoms with E-state index in [4.69, 9.17) is 4.74 Å². The van der Waals surface area contributed by atoms with Gasteiger partial charge in [0.15, 0.2) is 11.6 Å². The largest absolute Gasteiger partial charge is 0.488 e. The SMILES string of the molecule is CC(C)COc1c(F)cccc1N=C=O. The Kier molecular flexibility index (Phi) is 4.01. The lowest BCUT2D eigenvalue weighted by Crippen LogP contribution is -2.05. The Morgan fingerprint density at radius 2 is 2.27 bits per heavy atom. The molecule has 0 spiro atoms. The first-order valence-corrected chi connectivity index (χ1v) is 4.64. The minimum absolute atomic E-state index is 0.00884. The fourth-order valence-corrected chi connectivity index (χ4v) is 1.03. The van der Waals surface area contributed by atoms with Crippen LogP contribution in [0.2, 0.25) is 0 Å². The first-order chi connectivity index (χ1) is 7.15. The van der Waals surface area contributed by atoms with Gasteiger partial charge in [0.1, 0.15) is 5.69 Å². The highest BCUT2D eigenvalue weighted by atomic mass is 19.1. The van der Waals surface area contributed by atoms with E-state index in [0.717, 1.165) is 0 Å². The molecule has 0 aromatic heterocycles. The van der Waals surface area contributed by atoms with E-state index in [1.54, 1.807) is 0 Å². The third-order valence-electron chi connectivity index (χ3n) is 1.67. The van der Waals surface area contributed by atoms with Crippen LogP contribution < -0.4 is 4.74 Å². The van der Waals surface area contributed by atoms with Gasteiger partial charge in [0.25, 0.3) is 0 Å². The number of halogens is 1. The quantitative estimate of drug-likeness (QED) is 0.565. The zero-order valence-corrected chi connectivity index (χ0v) is 8.66. The van der Waals surface area contributed by atoms with E-state index >= 15 is 0 Å². The van der Waals surface area contributed by atoms with Crippen LogP contribution in [-0.2, 0) is 4.79 Å². The molecule has 0 atom stereocenters. The van der Waals surface area contributed by atoms with Gasteiger partial charge in [-0.25, -0.2) is 9.18 Å². The molecule has 0 amide bonds. The summed E-state index contributed by atoms with van der Waals surface area (Å²) in [4.78, 5) is 13.5. The van der Waals surface area contributed by atoms with Gasteiger partial charge in [-0.1, -0.05) is 19.9 Å². The summed E-state index contributed by atoms with van der Waals surface area (Å²) >= 11 is 0. The predicted octanol–water partition coefficient (Wildman–Crippen LogP) is 2.83. The van der Waals surface area contributed by atoms with Crippen LogP contribution in [0.15, 0.2) is 23.2 Å². The number of rotatable bonds is 4. The van der Waals surface area contributed by atoms with Crippen LogP contribution in [0.3, 0.4) is 0 Å². The maximum Gasteiger partial charge on any atom is 0.240 e. The molecule has 3 nitrogen and oxygen atoms in total. The molecule has 0 bridgehead atoms. The van der Waals surface area contributed by atoms with E-state index in [-0.39, 0.29) is 17.4 Å². The Bertz CT molecular complexity index is 384. The number of ether oxygens (including phenoxy) is 1. The van der Waals surface area contributed by atoms with Crippen molar-refractivity contribution in [3.8, 4) is 5.75 Å². The van der Waals surface area contributed by atoms with Crippen LogP contribution in [-0.4, -0.2) is 12.7 Å². The summed E-state index contributed by atoms with van der Waals surface area (Å²) in [5, 5.41) is 0. The molecule has 0 aliphatic rings. The lowest BCUT2D eigenvalue weighted by atomic mass is 10.2. The van der Waals surface area contributed by atoms with Gasteiger partial charge < -0.3 is 4.74 Å². The Hall–Kier alpha value is -1.67. The Morgan fingerprint density at radius 3 is 2.87 bits per heavy atom. The van der Waals surface area contributed by atoms with Gasteiger partial charge >= 0.3 is 0 Å². The molecule has 0 N–H and O–H groups in total. The average Bonchev–Trinajstić information content (AvgIpc) is 2.17. The summed E-state index contributed by atoms with van der Waals surface area (Å²) in [6, 6.07) is 4.23. The van der Waals surface area contributed by atoms with Gasteiger partial charge in [0.05, 0.1) is 6.61 Å². The molecule has 0 aliphatic heterocycles. The van der Waals surface area contributed by atoms with E-state index in [1.165, 1.54) is 24.3 Å². The second kappa shape index (κ2) is 5.27. The maximum absolute atomic E-state index is 13.3. The van der Waals surface area contributed by atoms with E-state index < -0.39 is 5.82 Å². The van der Waals surface area contributed by atoms with Crippen LogP contribution in [0.1, 0.15) is 13.8 Å². The van der Waals surface area contributed by atoms with Crippen molar-refractivity contribution < 1.29 is 13.9 Å². The van der Waals surface area contributed by atoms with Crippen molar-refractivity contribution in [3.05, 3.63) is 24.0 Å². The van der Waals surface area contributed by atoms with Crippen LogP contribution >= 0.6 is 0 Å². The van der Waals surface area contributed by atoms with E-state index in [1.807, 2.05) is 13.8 Å². The molecule has 4 heteroatoms. The zero-order valence-electron chi connectivity index (χ0n) is 8.66. The number of para-hydroxylation sites is 1. The first-order valence-electron chi connectivity index (χ1n) is 4.64. The number of nitrogens with zero attached hydrogens (tertiary/aromatic N) is 1. The molecule has 0 saturated heterocycles. The topological polar surface area (TPSA) is 38.7 Å². The van der Waals surface area contributed by atoms with Crippen LogP contribution in [0.25, 0.3) is 0 Å². The molecular weight excluding hydrogens is 197 g/mol. The number of isocyanates is 1. The van der Waals surface area contributed by atoms with E-state index in [2.05, 4.69) is 4.99 Å². The van der Waals surface area contributed by atoms with Crippen LogP contribution in [0.5, 0.6) is 5.75 Å². The number of hydrogen-bond acceptors (Lipinski definition) is 3. The Labute approximate surface area is 87.6 Å². The number of carbonyl (C=O) groups excluding carboxylic acids is 1. The van der Waals surface area contributed by atoms with Crippen LogP contribution in [0.4, 0.5) is 10.1 Å². The molecule has 0 aliphatic carbocycles. The first kappa shape index (κ1) is 11.4. The molecule has 1 rings (SSSR count). The summed E-state index contributed by atoms with van der Waals surface area (Å²) < 4.78 is 18.5. The molecule has 0 saturated carbocycles. The zero-order chi connectivity index (χ0) is 11.3. The fraction of sp³-hybridized carbons (Fsp3) is 0.364. The number of benzene rings is 1. The highest BCUT2D eigenvalue weighted by molar-refractivity contribution is 5.57. The molecule has 0 radical (unpaired) electrons. The van der Waals surface area contributed by atoms with Gasteiger partial charge in [0, 0.05) is 0 Å². The molecule has 80 valence electrons. The van der Waals surface area contributed by atoms with Gasteiger partial charge in [-0.05, 0) is 18.1 Å². The Morgan fingerprint density at radius 1 is 1.53 bits per heavy atom. The van der Waals surface area contributed by atoms with Crippen molar-refractivity contribution in [2.24, 2.45) is 10.9 Å². The summed E-state index contributed by atoms with van der Waals surface area (Å²) in [6.45, 7) is 4.27.